The van der Waals surface area contributed by atoms with Gasteiger partial charge >= 0.3 is 0 Å². The molecule has 2 N–H and O–H groups in total. The Morgan fingerprint density at radius 1 is 1.19 bits per heavy atom. The number of benzene rings is 2. The second kappa shape index (κ2) is 9.56. The molecule has 31 heavy (non-hydrogen) atoms. The average molecular weight is 420 g/mol. The number of ether oxygens (including phenoxy) is 1. The Bertz CT molecular complexity index is 951. The minimum atomic E-state index is 0.00315. The van der Waals surface area contributed by atoms with Gasteiger partial charge in [-0.25, -0.2) is 0 Å². The number of anilines is 1. The minimum Gasteiger partial charge on any atom is -0.497 e. The molecule has 1 heterocycles. The Kier molecular flexibility index (Phi) is 6.62. The number of hydrogen-bond donors (Lipinski definition) is 2. The van der Waals surface area contributed by atoms with Gasteiger partial charge in [-0.1, -0.05) is 38.1 Å². The zero-order valence-corrected chi connectivity index (χ0v) is 18.7. The van der Waals surface area contributed by atoms with Crippen molar-refractivity contribution in [3.63, 3.8) is 0 Å². The lowest BCUT2D eigenvalue weighted by Crippen LogP contribution is -2.35. The quantitative estimate of drug-likeness (QED) is 0.615. The van der Waals surface area contributed by atoms with E-state index in [1.54, 1.807) is 7.11 Å². The van der Waals surface area contributed by atoms with E-state index in [1.807, 2.05) is 18.2 Å². The van der Waals surface area contributed by atoms with Crippen molar-refractivity contribution < 1.29 is 9.53 Å². The molecule has 3 unspecified atom stereocenters. The van der Waals surface area contributed by atoms with Crippen LogP contribution >= 0.6 is 0 Å². The van der Waals surface area contributed by atoms with Crippen LogP contribution in [0.25, 0.3) is 0 Å². The third-order valence-corrected chi connectivity index (χ3v) is 6.69. The first kappa shape index (κ1) is 21.4. The molecule has 2 aromatic rings. The monoisotopic (exact) mass is 419 g/mol. The normalized spacial score (nSPS) is 21.4. The highest BCUT2D eigenvalue weighted by molar-refractivity contribution is 5.95. The van der Waals surface area contributed by atoms with Crippen LogP contribution in [-0.4, -0.2) is 44.1 Å². The van der Waals surface area contributed by atoms with Gasteiger partial charge in [0.2, 0.25) is 0 Å². The summed E-state index contributed by atoms with van der Waals surface area (Å²) in [5, 5.41) is 6.82. The maximum atomic E-state index is 12.8. The van der Waals surface area contributed by atoms with Crippen molar-refractivity contribution in [2.75, 3.05) is 38.6 Å². The minimum absolute atomic E-state index is 0.00315. The number of allylic oxidation sites excluding steroid dienone is 2. The van der Waals surface area contributed by atoms with Crippen LogP contribution in [0.3, 0.4) is 0 Å². The van der Waals surface area contributed by atoms with Gasteiger partial charge in [-0.3, -0.25) is 4.79 Å². The summed E-state index contributed by atoms with van der Waals surface area (Å²) in [4.78, 5) is 15.1. The summed E-state index contributed by atoms with van der Waals surface area (Å²) in [5.41, 5.74) is 4.30. The predicted molar refractivity (Wildman–Crippen MR) is 126 cm³/mol. The largest absolute Gasteiger partial charge is 0.497 e. The molecule has 1 amide bonds. The fourth-order valence-corrected chi connectivity index (χ4v) is 4.87. The number of carbonyl (C=O) groups is 1. The molecule has 5 nitrogen and oxygen atoms in total. The third-order valence-electron chi connectivity index (χ3n) is 6.69. The van der Waals surface area contributed by atoms with Crippen molar-refractivity contribution in [1.82, 2.24) is 10.2 Å². The Balaban J connectivity index is 1.53. The van der Waals surface area contributed by atoms with Crippen molar-refractivity contribution in [1.29, 1.82) is 0 Å². The average Bonchev–Trinajstić information content (AvgIpc) is 3.31. The molecule has 0 saturated heterocycles. The molecule has 4 rings (SSSR count). The number of nitrogens with zero attached hydrogens (tertiary/aromatic N) is 1. The molecule has 0 aromatic heterocycles. The van der Waals surface area contributed by atoms with Gasteiger partial charge in [-0.2, -0.15) is 0 Å². The molecule has 1 aliphatic carbocycles. The second-order valence-electron chi connectivity index (χ2n) is 8.34. The fourth-order valence-electron chi connectivity index (χ4n) is 4.87. The van der Waals surface area contributed by atoms with Crippen LogP contribution < -0.4 is 15.4 Å². The number of fused-ring (bicyclic) bond motifs is 3. The molecule has 0 radical (unpaired) electrons. The van der Waals surface area contributed by atoms with Crippen molar-refractivity contribution >= 4 is 11.6 Å². The van der Waals surface area contributed by atoms with Crippen LogP contribution in [0, 0.1) is 5.92 Å². The van der Waals surface area contributed by atoms with E-state index in [1.165, 1.54) is 11.1 Å². The highest BCUT2D eigenvalue weighted by Gasteiger charge is 2.38. The standard InChI is InChI=1S/C26H33N3O2/c1-4-29(5-2)15-14-27-26(30)19-12-13-24-23(17-19)21-10-7-11-22(21)25(28-24)18-8-6-9-20(16-18)31-3/h6-10,12-13,16-17,21-22,25,28H,4-5,11,14-15H2,1-3H3,(H,27,30). The third kappa shape index (κ3) is 4.47. The highest BCUT2D eigenvalue weighted by atomic mass is 16.5. The zero-order chi connectivity index (χ0) is 21.8. The van der Waals surface area contributed by atoms with E-state index in [2.05, 4.69) is 65.8 Å². The van der Waals surface area contributed by atoms with Crippen LogP contribution in [0.4, 0.5) is 5.69 Å². The van der Waals surface area contributed by atoms with Gasteiger partial charge in [-0.05, 0) is 66.9 Å². The summed E-state index contributed by atoms with van der Waals surface area (Å²) in [5.74, 6) is 1.63. The number of nitrogens with one attached hydrogen (secondary N) is 2. The second-order valence-corrected chi connectivity index (χ2v) is 8.34. The zero-order valence-electron chi connectivity index (χ0n) is 18.7. The first-order chi connectivity index (χ1) is 15.1. The molecule has 0 saturated carbocycles. The molecule has 164 valence electrons. The van der Waals surface area contributed by atoms with E-state index in [0.29, 0.717) is 18.4 Å². The first-order valence-electron chi connectivity index (χ1n) is 11.4. The first-order valence-corrected chi connectivity index (χ1v) is 11.4. The van der Waals surface area contributed by atoms with Crippen LogP contribution in [0.15, 0.2) is 54.6 Å². The molecule has 3 atom stereocenters. The van der Waals surface area contributed by atoms with Gasteiger partial charge in [0.25, 0.3) is 5.91 Å². The molecular formula is C26H33N3O2. The number of carbonyl (C=O) groups excluding carboxylic acids is 1. The van der Waals surface area contributed by atoms with Gasteiger partial charge in [0.15, 0.2) is 0 Å². The van der Waals surface area contributed by atoms with E-state index in [0.717, 1.165) is 43.1 Å². The fraction of sp³-hybridized carbons (Fsp3) is 0.423. The maximum absolute atomic E-state index is 12.8. The molecular weight excluding hydrogens is 386 g/mol. The highest BCUT2D eigenvalue weighted by Crippen LogP contribution is 2.50. The Morgan fingerprint density at radius 2 is 2.03 bits per heavy atom. The molecule has 2 aliphatic rings. The molecule has 5 heteroatoms. The van der Waals surface area contributed by atoms with Crippen LogP contribution in [0.1, 0.15) is 53.7 Å². The van der Waals surface area contributed by atoms with Gasteiger partial charge < -0.3 is 20.3 Å². The summed E-state index contributed by atoms with van der Waals surface area (Å²) in [6.07, 6.45) is 5.61. The van der Waals surface area contributed by atoms with E-state index in [4.69, 9.17) is 4.74 Å². The van der Waals surface area contributed by atoms with Crippen LogP contribution in [0.5, 0.6) is 5.75 Å². The Labute approximate surface area is 185 Å². The predicted octanol–water partition coefficient (Wildman–Crippen LogP) is 4.59. The summed E-state index contributed by atoms with van der Waals surface area (Å²) >= 11 is 0. The number of amides is 1. The molecule has 0 spiro atoms. The van der Waals surface area contributed by atoms with Crippen LogP contribution in [-0.2, 0) is 0 Å². The molecule has 1 aliphatic heterocycles. The number of methoxy groups -OCH3 is 1. The van der Waals surface area contributed by atoms with Gasteiger partial charge in [0.1, 0.15) is 5.75 Å². The molecule has 2 aromatic carbocycles. The number of rotatable bonds is 8. The SMILES string of the molecule is CCN(CC)CCNC(=O)c1ccc2c(c1)C1C=CCC1C(c1cccc(OC)c1)N2. The number of likely N-dealkylation sites (N-methyl/N-ethyl adjacent to an activating group) is 1. The lowest BCUT2D eigenvalue weighted by atomic mass is 9.76. The molecule has 0 fully saturated rings. The number of hydrogen-bond acceptors (Lipinski definition) is 4. The smallest absolute Gasteiger partial charge is 0.251 e. The van der Waals surface area contributed by atoms with Crippen molar-refractivity contribution in [2.45, 2.75) is 32.2 Å². The topological polar surface area (TPSA) is 53.6 Å². The van der Waals surface area contributed by atoms with Gasteiger partial charge in [0.05, 0.1) is 13.2 Å². The van der Waals surface area contributed by atoms with E-state index in [9.17, 15) is 4.79 Å². The lowest BCUT2D eigenvalue weighted by molar-refractivity contribution is 0.0948. The van der Waals surface area contributed by atoms with Gasteiger partial charge in [-0.15, -0.1) is 0 Å². The van der Waals surface area contributed by atoms with E-state index >= 15 is 0 Å². The van der Waals surface area contributed by atoms with E-state index in [-0.39, 0.29) is 11.9 Å². The summed E-state index contributed by atoms with van der Waals surface area (Å²) in [6.45, 7) is 7.83. The Morgan fingerprint density at radius 3 is 2.81 bits per heavy atom. The maximum Gasteiger partial charge on any atom is 0.251 e. The summed E-state index contributed by atoms with van der Waals surface area (Å²) in [6, 6.07) is 14.6. The summed E-state index contributed by atoms with van der Waals surface area (Å²) < 4.78 is 5.44. The van der Waals surface area contributed by atoms with Crippen molar-refractivity contribution in [2.24, 2.45) is 5.92 Å². The molecule has 0 bridgehead atoms. The Hall–Kier alpha value is -2.79. The van der Waals surface area contributed by atoms with E-state index < -0.39 is 0 Å². The van der Waals surface area contributed by atoms with Crippen molar-refractivity contribution in [3.05, 3.63) is 71.3 Å². The van der Waals surface area contributed by atoms with Gasteiger partial charge in [0, 0.05) is 30.3 Å². The lowest BCUT2D eigenvalue weighted by Gasteiger charge is -2.37. The summed E-state index contributed by atoms with van der Waals surface area (Å²) in [7, 11) is 1.71. The van der Waals surface area contributed by atoms with Crippen molar-refractivity contribution in [3.8, 4) is 5.75 Å². The van der Waals surface area contributed by atoms with Crippen LogP contribution in [0.2, 0.25) is 0 Å².